The average Bonchev–Trinajstić information content (AvgIpc) is 2.72. The van der Waals surface area contributed by atoms with Crippen molar-refractivity contribution in [1.82, 2.24) is 5.43 Å². The van der Waals surface area contributed by atoms with Crippen LogP contribution >= 0.6 is 46.4 Å². The minimum absolute atomic E-state index is 0.137. The van der Waals surface area contributed by atoms with E-state index in [-0.39, 0.29) is 15.7 Å². The normalized spacial score (nSPS) is 16.7. The standard InChI is InChI=1S/C22H22Cl4F3N3/c1-2-30-20(32-31-19-17(25)10-13(11-18(19)26)22(27,28)29)21(8-4-3-5-9-21)15-7-6-14(23)12-16(15)24/h6-7,10-12,31H,2-5,8-9H2,1H3,(H,30,32). The van der Waals surface area contributed by atoms with E-state index >= 15 is 0 Å². The maximum Gasteiger partial charge on any atom is 0.416 e. The third-order valence-electron chi connectivity index (χ3n) is 5.60. The van der Waals surface area contributed by atoms with E-state index in [2.05, 4.69) is 15.8 Å². The van der Waals surface area contributed by atoms with Gasteiger partial charge in [-0.05, 0) is 49.6 Å². The minimum Gasteiger partial charge on any atom is -0.297 e. The summed E-state index contributed by atoms with van der Waals surface area (Å²) in [5.74, 6) is 0.621. The molecule has 0 bridgehead atoms. The second-order valence-electron chi connectivity index (χ2n) is 7.65. The van der Waals surface area contributed by atoms with Gasteiger partial charge in [0, 0.05) is 16.6 Å². The average molecular weight is 527 g/mol. The van der Waals surface area contributed by atoms with Crippen LogP contribution in [0.15, 0.2) is 35.3 Å². The zero-order valence-corrected chi connectivity index (χ0v) is 20.2. The van der Waals surface area contributed by atoms with Crippen LogP contribution in [0.5, 0.6) is 0 Å². The van der Waals surface area contributed by atoms with Crippen molar-refractivity contribution < 1.29 is 13.2 Å². The maximum atomic E-state index is 13.0. The Balaban J connectivity index is 1.97. The Hall–Kier alpha value is -1.34. The molecule has 3 rings (SSSR count). The molecule has 1 saturated carbocycles. The molecule has 0 unspecified atom stereocenters. The number of rotatable bonds is 5. The van der Waals surface area contributed by atoms with Crippen molar-refractivity contribution in [3.63, 3.8) is 0 Å². The van der Waals surface area contributed by atoms with E-state index in [0.29, 0.717) is 22.4 Å². The molecule has 0 aromatic heterocycles. The molecule has 3 nitrogen and oxygen atoms in total. The Morgan fingerprint density at radius 1 is 0.969 bits per heavy atom. The van der Waals surface area contributed by atoms with E-state index in [1.54, 1.807) is 12.1 Å². The number of aliphatic imine (C=N–C) groups is 1. The minimum atomic E-state index is -4.55. The number of anilines is 1. The van der Waals surface area contributed by atoms with Crippen LogP contribution in [-0.4, -0.2) is 12.4 Å². The Morgan fingerprint density at radius 2 is 1.59 bits per heavy atom. The molecule has 2 aromatic carbocycles. The summed E-state index contributed by atoms with van der Waals surface area (Å²) in [6.45, 7) is 2.39. The van der Waals surface area contributed by atoms with Gasteiger partial charge in [-0.1, -0.05) is 71.7 Å². The highest BCUT2D eigenvalue weighted by Gasteiger charge is 2.41. The fourth-order valence-corrected chi connectivity index (χ4v) is 5.28. The summed E-state index contributed by atoms with van der Waals surface area (Å²) in [7, 11) is 0. The van der Waals surface area contributed by atoms with Crippen LogP contribution in [0.1, 0.15) is 50.2 Å². The van der Waals surface area contributed by atoms with E-state index in [1.165, 1.54) is 0 Å². The molecular weight excluding hydrogens is 505 g/mol. The van der Waals surface area contributed by atoms with Crippen LogP contribution in [0.3, 0.4) is 0 Å². The van der Waals surface area contributed by atoms with Gasteiger partial charge in [-0.3, -0.25) is 15.8 Å². The van der Waals surface area contributed by atoms with Gasteiger partial charge in [-0.2, -0.15) is 13.2 Å². The molecule has 0 amide bonds. The van der Waals surface area contributed by atoms with Crippen LogP contribution in [0, 0.1) is 0 Å². The molecule has 0 heterocycles. The smallest absolute Gasteiger partial charge is 0.297 e. The van der Waals surface area contributed by atoms with E-state index in [1.807, 2.05) is 13.0 Å². The second-order valence-corrected chi connectivity index (χ2v) is 9.31. The molecule has 0 saturated heterocycles. The van der Waals surface area contributed by atoms with Crippen molar-refractivity contribution in [3.8, 4) is 0 Å². The van der Waals surface area contributed by atoms with Crippen LogP contribution in [0.4, 0.5) is 18.9 Å². The fraction of sp³-hybridized carbons (Fsp3) is 0.409. The summed E-state index contributed by atoms with van der Waals surface area (Å²) < 4.78 is 39.1. The van der Waals surface area contributed by atoms with Crippen molar-refractivity contribution in [1.29, 1.82) is 0 Å². The van der Waals surface area contributed by atoms with Gasteiger partial charge in [0.25, 0.3) is 0 Å². The molecule has 10 heteroatoms. The van der Waals surface area contributed by atoms with E-state index in [0.717, 1.165) is 49.8 Å². The molecule has 0 atom stereocenters. The summed E-state index contributed by atoms with van der Waals surface area (Å²) in [6, 6.07) is 7.07. The van der Waals surface area contributed by atoms with Gasteiger partial charge in [0.2, 0.25) is 0 Å². The highest BCUT2D eigenvalue weighted by atomic mass is 35.5. The van der Waals surface area contributed by atoms with Crippen molar-refractivity contribution in [2.75, 3.05) is 12.0 Å². The van der Waals surface area contributed by atoms with Crippen molar-refractivity contribution in [3.05, 3.63) is 61.5 Å². The van der Waals surface area contributed by atoms with Crippen LogP contribution in [0.25, 0.3) is 0 Å². The first-order valence-electron chi connectivity index (χ1n) is 10.2. The lowest BCUT2D eigenvalue weighted by molar-refractivity contribution is -0.137. The molecule has 0 spiro atoms. The molecule has 174 valence electrons. The number of benzene rings is 2. The van der Waals surface area contributed by atoms with Gasteiger partial charge in [0.15, 0.2) is 0 Å². The zero-order chi connectivity index (χ0) is 23.5. The summed E-state index contributed by atoms with van der Waals surface area (Å²) in [6.07, 6.45) is 0.102. The summed E-state index contributed by atoms with van der Waals surface area (Å²) in [4.78, 5) is 4.68. The SMILES string of the molecule is CCN=C(NNc1c(Cl)cc(C(F)(F)F)cc1Cl)C1(c2ccc(Cl)cc2Cl)CCCCC1. The predicted molar refractivity (Wildman–Crippen MR) is 127 cm³/mol. The first kappa shape index (κ1) is 25.3. The summed E-state index contributed by atoms with van der Waals surface area (Å²) in [5, 5.41) is 0.759. The lowest BCUT2D eigenvalue weighted by atomic mass is 9.68. The number of alkyl halides is 3. The van der Waals surface area contributed by atoms with Crippen LogP contribution < -0.4 is 10.9 Å². The first-order valence-corrected chi connectivity index (χ1v) is 11.7. The highest BCUT2D eigenvalue weighted by Crippen LogP contribution is 2.44. The zero-order valence-electron chi connectivity index (χ0n) is 17.2. The van der Waals surface area contributed by atoms with E-state index < -0.39 is 17.2 Å². The van der Waals surface area contributed by atoms with Crippen molar-refractivity contribution in [2.24, 2.45) is 4.99 Å². The molecule has 32 heavy (non-hydrogen) atoms. The molecule has 1 aliphatic rings. The van der Waals surface area contributed by atoms with Gasteiger partial charge >= 0.3 is 6.18 Å². The van der Waals surface area contributed by atoms with Gasteiger partial charge < -0.3 is 0 Å². The Kier molecular flexibility index (Phi) is 8.13. The lowest BCUT2D eigenvalue weighted by Gasteiger charge is -2.40. The third kappa shape index (κ3) is 5.41. The Morgan fingerprint density at radius 3 is 2.12 bits per heavy atom. The highest BCUT2D eigenvalue weighted by molar-refractivity contribution is 6.39. The van der Waals surface area contributed by atoms with Crippen LogP contribution in [0.2, 0.25) is 20.1 Å². The molecule has 0 radical (unpaired) electrons. The van der Waals surface area contributed by atoms with Gasteiger partial charge in [0.1, 0.15) is 5.84 Å². The Labute approximate surface area is 205 Å². The number of nitrogens with zero attached hydrogens (tertiary/aromatic N) is 1. The Bertz CT molecular complexity index is 979. The third-order valence-corrected chi connectivity index (χ3v) is 6.74. The fourth-order valence-electron chi connectivity index (χ4n) is 4.11. The quantitative estimate of drug-likeness (QED) is 0.232. The topological polar surface area (TPSA) is 36.4 Å². The number of hydrogen-bond acceptors (Lipinski definition) is 2. The number of halogens is 7. The predicted octanol–water partition coefficient (Wildman–Crippen LogP) is 8.56. The van der Waals surface area contributed by atoms with E-state index in [9.17, 15) is 13.2 Å². The number of hydrogen-bond donors (Lipinski definition) is 2. The first-order chi connectivity index (χ1) is 15.1. The molecule has 2 N–H and O–H groups in total. The van der Waals surface area contributed by atoms with Gasteiger partial charge in [-0.25, -0.2) is 0 Å². The molecule has 1 fully saturated rings. The number of hydrazine groups is 1. The van der Waals surface area contributed by atoms with Gasteiger partial charge in [-0.15, -0.1) is 0 Å². The van der Waals surface area contributed by atoms with Crippen LogP contribution in [-0.2, 0) is 11.6 Å². The number of nitrogens with one attached hydrogen (secondary N) is 2. The van der Waals surface area contributed by atoms with E-state index in [4.69, 9.17) is 46.4 Å². The molecule has 0 aliphatic heterocycles. The molecule has 1 aliphatic carbocycles. The monoisotopic (exact) mass is 525 g/mol. The van der Waals surface area contributed by atoms with Crippen molar-refractivity contribution >= 4 is 57.9 Å². The molecular formula is C22H22Cl4F3N3. The lowest BCUT2D eigenvalue weighted by Crippen LogP contribution is -2.48. The summed E-state index contributed by atoms with van der Waals surface area (Å²) in [5.41, 5.74) is 5.58. The molecule has 2 aromatic rings. The largest absolute Gasteiger partial charge is 0.416 e. The number of amidine groups is 1. The summed E-state index contributed by atoms with van der Waals surface area (Å²) >= 11 is 24.9. The van der Waals surface area contributed by atoms with Crippen molar-refractivity contribution in [2.45, 2.75) is 50.6 Å². The van der Waals surface area contributed by atoms with Gasteiger partial charge in [0.05, 0.1) is 26.7 Å². The second kappa shape index (κ2) is 10.3. The maximum absolute atomic E-state index is 13.0.